The van der Waals surface area contributed by atoms with Gasteiger partial charge in [-0.2, -0.15) is 0 Å². The predicted octanol–water partition coefficient (Wildman–Crippen LogP) is -0.00910. The number of nitrogens with one attached hydrogen (secondary N) is 1. The lowest BCUT2D eigenvalue weighted by molar-refractivity contribution is -0.139. The minimum absolute atomic E-state index is 0.0175. The summed E-state index contributed by atoms with van der Waals surface area (Å²) in [5.41, 5.74) is 0. The molecule has 1 aliphatic rings. The van der Waals surface area contributed by atoms with Gasteiger partial charge in [-0.05, 0) is 13.3 Å². The zero-order valence-electron chi connectivity index (χ0n) is 8.17. The molecular formula is C9H16N2O2. The average Bonchev–Trinajstić information content (AvgIpc) is 2.10. The number of likely N-dealkylation sites (tertiary alicyclic amines) is 1. The van der Waals surface area contributed by atoms with Crippen LogP contribution in [0.2, 0.25) is 0 Å². The van der Waals surface area contributed by atoms with Gasteiger partial charge in [-0.25, -0.2) is 0 Å². The average molecular weight is 184 g/mol. The van der Waals surface area contributed by atoms with Crippen molar-refractivity contribution in [1.29, 1.82) is 0 Å². The smallest absolute Gasteiger partial charge is 0.223 e. The predicted molar refractivity (Wildman–Crippen MR) is 49.0 cm³/mol. The molecule has 1 aliphatic heterocycles. The molecule has 0 saturated carbocycles. The molecule has 1 heterocycles. The first-order valence-corrected chi connectivity index (χ1v) is 4.66. The van der Waals surface area contributed by atoms with Crippen molar-refractivity contribution in [2.24, 2.45) is 5.92 Å². The Morgan fingerprint density at radius 3 is 2.92 bits per heavy atom. The molecule has 0 aromatic carbocycles. The van der Waals surface area contributed by atoms with E-state index in [0.29, 0.717) is 19.5 Å². The van der Waals surface area contributed by atoms with Gasteiger partial charge in [-0.1, -0.05) is 0 Å². The van der Waals surface area contributed by atoms with Crippen LogP contribution in [0, 0.1) is 5.92 Å². The monoisotopic (exact) mass is 184 g/mol. The molecule has 2 amide bonds. The Bertz CT molecular complexity index is 216. The van der Waals surface area contributed by atoms with Gasteiger partial charge in [0.05, 0.1) is 0 Å². The fourth-order valence-corrected chi connectivity index (χ4v) is 1.49. The molecule has 1 atom stereocenters. The van der Waals surface area contributed by atoms with Gasteiger partial charge in [0, 0.05) is 32.5 Å². The highest BCUT2D eigenvalue weighted by Gasteiger charge is 2.27. The fourth-order valence-electron chi connectivity index (χ4n) is 1.49. The van der Waals surface area contributed by atoms with Crippen LogP contribution in [0.25, 0.3) is 0 Å². The highest BCUT2D eigenvalue weighted by atomic mass is 16.2. The topological polar surface area (TPSA) is 49.4 Å². The standard InChI is InChI=1S/C9H16N2O2/c1-3-10-9(13)7-4-5-11(2)8(12)6-7/h7H,3-6H2,1-2H3,(H,10,13). The maximum atomic E-state index is 11.4. The number of hydrogen-bond acceptors (Lipinski definition) is 2. The molecule has 4 nitrogen and oxygen atoms in total. The highest BCUT2D eigenvalue weighted by Crippen LogP contribution is 2.16. The second kappa shape index (κ2) is 4.25. The Hall–Kier alpha value is -1.06. The maximum absolute atomic E-state index is 11.4. The van der Waals surface area contributed by atoms with Crippen molar-refractivity contribution >= 4 is 11.8 Å². The van der Waals surface area contributed by atoms with E-state index in [1.807, 2.05) is 6.92 Å². The first kappa shape index (κ1) is 10.0. The molecule has 0 aromatic heterocycles. The van der Waals surface area contributed by atoms with E-state index < -0.39 is 0 Å². The van der Waals surface area contributed by atoms with Crippen molar-refractivity contribution in [3.63, 3.8) is 0 Å². The van der Waals surface area contributed by atoms with Gasteiger partial charge < -0.3 is 10.2 Å². The van der Waals surface area contributed by atoms with E-state index in [-0.39, 0.29) is 17.7 Å². The second-order valence-electron chi connectivity index (χ2n) is 3.40. The Balaban J connectivity index is 2.45. The summed E-state index contributed by atoms with van der Waals surface area (Å²) in [7, 11) is 1.77. The lowest BCUT2D eigenvalue weighted by atomic mass is 9.96. The van der Waals surface area contributed by atoms with E-state index in [4.69, 9.17) is 0 Å². The first-order valence-electron chi connectivity index (χ1n) is 4.66. The number of hydrogen-bond donors (Lipinski definition) is 1. The molecule has 74 valence electrons. The van der Waals surface area contributed by atoms with Crippen LogP contribution in [-0.2, 0) is 9.59 Å². The van der Waals surface area contributed by atoms with Gasteiger partial charge in [0.1, 0.15) is 0 Å². The molecule has 1 unspecified atom stereocenters. The zero-order chi connectivity index (χ0) is 9.84. The van der Waals surface area contributed by atoms with Gasteiger partial charge >= 0.3 is 0 Å². The molecule has 0 aliphatic carbocycles. The molecule has 0 aromatic rings. The molecule has 1 rings (SSSR count). The van der Waals surface area contributed by atoms with Gasteiger partial charge in [0.15, 0.2) is 0 Å². The van der Waals surface area contributed by atoms with Crippen LogP contribution in [0.4, 0.5) is 0 Å². The van der Waals surface area contributed by atoms with Crippen LogP contribution in [0.3, 0.4) is 0 Å². The number of rotatable bonds is 2. The molecular weight excluding hydrogens is 168 g/mol. The van der Waals surface area contributed by atoms with Crippen molar-refractivity contribution in [2.75, 3.05) is 20.1 Å². The van der Waals surface area contributed by atoms with E-state index in [2.05, 4.69) is 5.32 Å². The normalized spacial score (nSPS) is 23.1. The van der Waals surface area contributed by atoms with E-state index in [9.17, 15) is 9.59 Å². The second-order valence-corrected chi connectivity index (χ2v) is 3.40. The number of nitrogens with zero attached hydrogens (tertiary/aromatic N) is 1. The Morgan fingerprint density at radius 1 is 1.69 bits per heavy atom. The van der Waals surface area contributed by atoms with Crippen molar-refractivity contribution in [2.45, 2.75) is 19.8 Å². The van der Waals surface area contributed by atoms with Crippen molar-refractivity contribution in [1.82, 2.24) is 10.2 Å². The van der Waals surface area contributed by atoms with Crippen LogP contribution in [0.15, 0.2) is 0 Å². The summed E-state index contributed by atoms with van der Waals surface area (Å²) in [5.74, 6) is -0.0184. The summed E-state index contributed by atoms with van der Waals surface area (Å²) in [6.07, 6.45) is 1.15. The third-order valence-corrected chi connectivity index (χ3v) is 2.38. The van der Waals surface area contributed by atoms with Crippen LogP contribution in [0.5, 0.6) is 0 Å². The lowest BCUT2D eigenvalue weighted by Gasteiger charge is -2.27. The molecule has 4 heteroatoms. The Labute approximate surface area is 78.3 Å². The van der Waals surface area contributed by atoms with E-state index >= 15 is 0 Å². The third kappa shape index (κ3) is 2.44. The Kier molecular flexibility index (Phi) is 3.28. The number of carbonyl (C=O) groups is 2. The van der Waals surface area contributed by atoms with Crippen LogP contribution in [-0.4, -0.2) is 36.9 Å². The summed E-state index contributed by atoms with van der Waals surface area (Å²) in [4.78, 5) is 24.3. The minimum Gasteiger partial charge on any atom is -0.356 e. The van der Waals surface area contributed by atoms with Gasteiger partial charge in [0.2, 0.25) is 11.8 Å². The molecule has 0 radical (unpaired) electrons. The molecule has 1 saturated heterocycles. The summed E-state index contributed by atoms with van der Waals surface area (Å²) in [5, 5.41) is 2.74. The quantitative estimate of drug-likeness (QED) is 0.656. The van der Waals surface area contributed by atoms with Crippen LogP contribution < -0.4 is 5.32 Å². The number of amides is 2. The van der Waals surface area contributed by atoms with Crippen molar-refractivity contribution in [3.8, 4) is 0 Å². The highest BCUT2D eigenvalue weighted by molar-refractivity contribution is 5.86. The SMILES string of the molecule is CCNC(=O)C1CCN(C)C(=O)C1. The lowest BCUT2D eigenvalue weighted by Crippen LogP contribution is -2.41. The molecule has 1 N–H and O–H groups in total. The summed E-state index contributed by atoms with van der Waals surface area (Å²) in [6, 6.07) is 0. The van der Waals surface area contributed by atoms with Gasteiger partial charge in [0.25, 0.3) is 0 Å². The van der Waals surface area contributed by atoms with E-state index in [0.717, 1.165) is 6.42 Å². The first-order chi connectivity index (χ1) is 6.15. The summed E-state index contributed by atoms with van der Waals surface area (Å²) >= 11 is 0. The van der Waals surface area contributed by atoms with Crippen molar-refractivity contribution < 1.29 is 9.59 Å². The van der Waals surface area contributed by atoms with E-state index in [1.54, 1.807) is 11.9 Å². The largest absolute Gasteiger partial charge is 0.356 e. The van der Waals surface area contributed by atoms with Crippen LogP contribution >= 0.6 is 0 Å². The maximum Gasteiger partial charge on any atom is 0.223 e. The molecule has 1 fully saturated rings. The van der Waals surface area contributed by atoms with Gasteiger partial charge in [-0.15, -0.1) is 0 Å². The Morgan fingerprint density at radius 2 is 2.38 bits per heavy atom. The fraction of sp³-hybridized carbons (Fsp3) is 0.778. The third-order valence-electron chi connectivity index (χ3n) is 2.38. The van der Waals surface area contributed by atoms with Gasteiger partial charge in [-0.3, -0.25) is 9.59 Å². The van der Waals surface area contributed by atoms with E-state index in [1.165, 1.54) is 0 Å². The minimum atomic E-state index is -0.108. The summed E-state index contributed by atoms with van der Waals surface area (Å²) < 4.78 is 0. The summed E-state index contributed by atoms with van der Waals surface area (Å²) in [6.45, 7) is 3.22. The molecule has 13 heavy (non-hydrogen) atoms. The zero-order valence-corrected chi connectivity index (χ0v) is 8.17. The van der Waals surface area contributed by atoms with Crippen LogP contribution in [0.1, 0.15) is 19.8 Å². The molecule has 0 bridgehead atoms. The van der Waals surface area contributed by atoms with Crippen molar-refractivity contribution in [3.05, 3.63) is 0 Å². The number of carbonyl (C=O) groups excluding carboxylic acids is 2. The number of piperidine rings is 1. The molecule has 0 spiro atoms.